The van der Waals surface area contributed by atoms with Crippen LogP contribution in [0, 0.1) is 23.7 Å². The van der Waals surface area contributed by atoms with Gasteiger partial charge in [-0.25, -0.2) is 0 Å². The number of methoxy groups -OCH3 is 2. The molecule has 0 unspecified atom stereocenters. The van der Waals surface area contributed by atoms with Crippen LogP contribution >= 0.6 is 0 Å². The topological polar surface area (TPSA) is 76.0 Å². The highest BCUT2D eigenvalue weighted by Gasteiger charge is 2.64. The zero-order valence-corrected chi connectivity index (χ0v) is 22.4. The van der Waals surface area contributed by atoms with E-state index in [0.29, 0.717) is 19.3 Å². The van der Waals surface area contributed by atoms with Gasteiger partial charge in [-0.3, -0.25) is 4.79 Å². The minimum Gasteiger partial charge on any atom is -0.497 e. The van der Waals surface area contributed by atoms with Crippen molar-refractivity contribution < 1.29 is 24.5 Å². The van der Waals surface area contributed by atoms with E-state index in [1.165, 1.54) is 0 Å². The largest absolute Gasteiger partial charge is 0.497 e. The fourth-order valence-electron chi connectivity index (χ4n) is 6.72. The predicted octanol–water partition coefficient (Wildman–Crippen LogP) is 5.57. The van der Waals surface area contributed by atoms with Crippen molar-refractivity contribution in [3.8, 4) is 11.5 Å². The van der Waals surface area contributed by atoms with Gasteiger partial charge in [-0.2, -0.15) is 0 Å². The molecule has 0 amide bonds. The summed E-state index contributed by atoms with van der Waals surface area (Å²) in [6.45, 7) is 11.7. The van der Waals surface area contributed by atoms with Gasteiger partial charge in [-0.05, 0) is 89.3 Å². The molecule has 1 aromatic rings. The monoisotopic (exact) mass is 472 g/mol. The van der Waals surface area contributed by atoms with Crippen LogP contribution in [-0.4, -0.2) is 41.4 Å². The summed E-state index contributed by atoms with van der Waals surface area (Å²) in [6.07, 6.45) is 6.85. The summed E-state index contributed by atoms with van der Waals surface area (Å²) in [5.41, 5.74) is 0.210. The Labute approximate surface area is 205 Å². The number of rotatable bonds is 8. The van der Waals surface area contributed by atoms with E-state index in [1.807, 2.05) is 26.0 Å². The summed E-state index contributed by atoms with van der Waals surface area (Å²) in [5.74, 6) is 1.17. The Morgan fingerprint density at radius 2 is 1.88 bits per heavy atom. The van der Waals surface area contributed by atoms with Crippen LogP contribution in [0.5, 0.6) is 11.5 Å². The first-order valence-corrected chi connectivity index (χ1v) is 12.5. The van der Waals surface area contributed by atoms with E-state index in [-0.39, 0.29) is 17.6 Å². The zero-order valence-electron chi connectivity index (χ0n) is 22.4. The Morgan fingerprint density at radius 3 is 2.47 bits per heavy atom. The highest BCUT2D eigenvalue weighted by molar-refractivity contribution is 5.90. The van der Waals surface area contributed by atoms with Gasteiger partial charge >= 0.3 is 0 Å². The number of hydrogen-bond donors (Lipinski definition) is 2. The first-order valence-electron chi connectivity index (χ1n) is 12.5. The average Bonchev–Trinajstić information content (AvgIpc) is 3.03. The van der Waals surface area contributed by atoms with E-state index in [0.717, 1.165) is 47.5 Å². The number of aliphatic hydroxyl groups is 2. The molecule has 1 aromatic carbocycles. The molecule has 2 fully saturated rings. The minimum atomic E-state index is -1.18. The third-order valence-electron chi connectivity index (χ3n) is 8.67. The molecule has 5 nitrogen and oxygen atoms in total. The number of ketones is 1. The SMILES string of the molecule is COc1cc(C)c(OC)c(CC=C(C)C[C@@]2(O)C[C@@]3(C)CCC[C@@]3(C)C(=O)[C@@H]2CC(C)(C)O)c1. The summed E-state index contributed by atoms with van der Waals surface area (Å²) in [4.78, 5) is 13.9. The molecular formula is C29H44O5. The Balaban J connectivity index is 1.91. The van der Waals surface area contributed by atoms with E-state index in [1.54, 1.807) is 28.1 Å². The van der Waals surface area contributed by atoms with Crippen LogP contribution in [0.25, 0.3) is 0 Å². The molecule has 0 heterocycles. The highest BCUT2D eigenvalue weighted by Crippen LogP contribution is 2.63. The van der Waals surface area contributed by atoms with Crippen molar-refractivity contribution in [2.24, 2.45) is 16.7 Å². The van der Waals surface area contributed by atoms with E-state index >= 15 is 0 Å². The van der Waals surface area contributed by atoms with Crippen LogP contribution in [0.1, 0.15) is 84.3 Å². The second-order valence-corrected chi connectivity index (χ2v) is 12.0. The number of carbonyl (C=O) groups is 1. The second-order valence-electron chi connectivity index (χ2n) is 12.0. The highest BCUT2D eigenvalue weighted by atomic mass is 16.5. The van der Waals surface area contributed by atoms with Gasteiger partial charge in [0.25, 0.3) is 0 Å². The molecule has 2 aliphatic carbocycles. The predicted molar refractivity (Wildman–Crippen MR) is 135 cm³/mol. The molecule has 0 saturated heterocycles. The maximum atomic E-state index is 13.9. The van der Waals surface area contributed by atoms with Gasteiger partial charge in [-0.15, -0.1) is 0 Å². The quantitative estimate of drug-likeness (QED) is 0.484. The molecule has 5 heteroatoms. The lowest BCUT2D eigenvalue weighted by Crippen LogP contribution is -2.60. The fourth-order valence-corrected chi connectivity index (χ4v) is 6.72. The Bertz CT molecular complexity index is 958. The van der Waals surface area contributed by atoms with Crippen molar-refractivity contribution in [2.75, 3.05) is 14.2 Å². The Kier molecular flexibility index (Phi) is 7.32. The molecule has 190 valence electrons. The van der Waals surface area contributed by atoms with Crippen molar-refractivity contribution in [1.82, 2.24) is 0 Å². The van der Waals surface area contributed by atoms with E-state index in [2.05, 4.69) is 19.9 Å². The molecule has 0 spiro atoms. The molecule has 4 atom stereocenters. The number of allylic oxidation sites excluding steroid dienone is 1. The molecular weight excluding hydrogens is 428 g/mol. The normalized spacial score (nSPS) is 32.0. The number of benzene rings is 1. The summed E-state index contributed by atoms with van der Waals surface area (Å²) in [7, 11) is 3.33. The molecule has 0 aliphatic heterocycles. The van der Waals surface area contributed by atoms with Crippen LogP contribution in [0.4, 0.5) is 0 Å². The lowest BCUT2D eigenvalue weighted by atomic mass is 9.50. The molecule has 0 aromatic heterocycles. The van der Waals surface area contributed by atoms with E-state index < -0.39 is 22.5 Å². The number of aryl methyl sites for hydroxylation is 1. The van der Waals surface area contributed by atoms with Gasteiger partial charge in [-0.1, -0.05) is 31.9 Å². The number of carbonyl (C=O) groups excluding carboxylic acids is 1. The zero-order chi connectivity index (χ0) is 25.5. The van der Waals surface area contributed by atoms with Crippen LogP contribution in [0.15, 0.2) is 23.8 Å². The molecule has 0 bridgehead atoms. The van der Waals surface area contributed by atoms with Crippen molar-refractivity contribution in [3.05, 3.63) is 34.9 Å². The van der Waals surface area contributed by atoms with Gasteiger partial charge < -0.3 is 19.7 Å². The molecule has 34 heavy (non-hydrogen) atoms. The van der Waals surface area contributed by atoms with Crippen molar-refractivity contribution >= 4 is 5.78 Å². The number of hydrogen-bond acceptors (Lipinski definition) is 5. The summed E-state index contributed by atoms with van der Waals surface area (Å²) < 4.78 is 11.1. The minimum absolute atomic E-state index is 0.126. The first kappa shape index (κ1) is 26.7. The van der Waals surface area contributed by atoms with Crippen LogP contribution in [0.2, 0.25) is 0 Å². The van der Waals surface area contributed by atoms with Gasteiger partial charge in [0.1, 0.15) is 17.3 Å². The van der Waals surface area contributed by atoms with Gasteiger partial charge in [0.05, 0.1) is 31.3 Å². The van der Waals surface area contributed by atoms with Crippen LogP contribution in [-0.2, 0) is 11.2 Å². The summed E-state index contributed by atoms with van der Waals surface area (Å²) in [5, 5.41) is 22.7. The first-order chi connectivity index (χ1) is 15.7. The van der Waals surface area contributed by atoms with E-state index in [4.69, 9.17) is 9.47 Å². The van der Waals surface area contributed by atoms with Gasteiger partial charge in [0, 0.05) is 11.0 Å². The molecule has 2 saturated carbocycles. The lowest BCUT2D eigenvalue weighted by molar-refractivity contribution is -0.175. The number of fused-ring (bicyclic) bond motifs is 1. The number of Topliss-reactive ketones (excluding diaryl/α,β-unsaturated/α-hetero) is 1. The van der Waals surface area contributed by atoms with Gasteiger partial charge in [0.15, 0.2) is 0 Å². The molecule has 0 radical (unpaired) electrons. The summed E-state index contributed by atoms with van der Waals surface area (Å²) >= 11 is 0. The fraction of sp³-hybridized carbons (Fsp3) is 0.690. The Hall–Kier alpha value is -1.85. The smallest absolute Gasteiger partial charge is 0.145 e. The van der Waals surface area contributed by atoms with Crippen molar-refractivity contribution in [1.29, 1.82) is 0 Å². The maximum Gasteiger partial charge on any atom is 0.145 e. The maximum absolute atomic E-state index is 13.9. The second kappa shape index (κ2) is 9.31. The molecule has 2 N–H and O–H groups in total. The van der Waals surface area contributed by atoms with Crippen molar-refractivity contribution in [2.45, 2.75) is 97.7 Å². The average molecular weight is 473 g/mol. The van der Waals surface area contributed by atoms with Crippen LogP contribution in [0.3, 0.4) is 0 Å². The Morgan fingerprint density at radius 1 is 1.21 bits per heavy atom. The summed E-state index contributed by atoms with van der Waals surface area (Å²) in [6, 6.07) is 3.94. The molecule has 2 aliphatic rings. The standard InChI is InChI=1S/C29H44O5/c1-19(10-11-21-15-22(33-7)14-20(2)24(21)34-8)16-29(32)18-27(5)12-9-13-28(27,6)25(30)23(29)17-26(3,4)31/h10,14-15,23,31-32H,9,11-13,16-18H2,1-8H3/t23-,27+,28-,29+/m0/s1. The van der Waals surface area contributed by atoms with Crippen molar-refractivity contribution in [3.63, 3.8) is 0 Å². The lowest BCUT2D eigenvalue weighted by Gasteiger charge is -2.55. The third kappa shape index (κ3) is 4.92. The third-order valence-corrected chi connectivity index (χ3v) is 8.67. The van der Waals surface area contributed by atoms with Crippen LogP contribution < -0.4 is 9.47 Å². The molecule has 3 rings (SSSR count). The van der Waals surface area contributed by atoms with E-state index in [9.17, 15) is 15.0 Å². The van der Waals surface area contributed by atoms with Gasteiger partial charge in [0.2, 0.25) is 0 Å². The number of ether oxygens (including phenoxy) is 2.